The maximum atomic E-state index is 12.8. The number of aromatic nitrogens is 2. The van der Waals surface area contributed by atoms with Crippen molar-refractivity contribution in [3.8, 4) is 0 Å². The van der Waals surface area contributed by atoms with Crippen LogP contribution in [-0.4, -0.2) is 72.9 Å². The molecule has 1 atom stereocenters. The maximum absolute atomic E-state index is 12.8. The van der Waals surface area contributed by atoms with E-state index in [0.717, 1.165) is 16.5 Å². The van der Waals surface area contributed by atoms with E-state index in [2.05, 4.69) is 10.2 Å². The number of hydrogen-bond acceptors (Lipinski definition) is 8. The van der Waals surface area contributed by atoms with Crippen molar-refractivity contribution in [3.05, 3.63) is 71.4 Å². The molecule has 0 spiro atoms. The van der Waals surface area contributed by atoms with Gasteiger partial charge in [-0.05, 0) is 29.7 Å². The molecular formula is C27H33N5O4S. The van der Waals surface area contributed by atoms with Gasteiger partial charge in [-0.2, -0.15) is 4.31 Å². The van der Waals surface area contributed by atoms with E-state index in [1.54, 1.807) is 6.08 Å². The molecule has 9 nitrogen and oxygen atoms in total. The van der Waals surface area contributed by atoms with E-state index in [0.29, 0.717) is 44.4 Å². The van der Waals surface area contributed by atoms with E-state index in [1.165, 1.54) is 16.8 Å². The second-order valence-corrected chi connectivity index (χ2v) is 11.1. The predicted molar refractivity (Wildman–Crippen MR) is 145 cm³/mol. The number of benzene rings is 2. The summed E-state index contributed by atoms with van der Waals surface area (Å²) in [6.45, 7) is 6.26. The van der Waals surface area contributed by atoms with Gasteiger partial charge in [0.15, 0.2) is 0 Å². The minimum absolute atomic E-state index is 0.00408. The lowest BCUT2D eigenvalue weighted by Gasteiger charge is -2.33. The molecule has 1 saturated heterocycles. The first-order valence-electron chi connectivity index (χ1n) is 12.3. The van der Waals surface area contributed by atoms with Crippen molar-refractivity contribution in [2.75, 3.05) is 38.6 Å². The average Bonchev–Trinajstić information content (AvgIpc) is 2.91. The number of carbonyl (C=O) groups is 1. The second-order valence-electron chi connectivity index (χ2n) is 9.33. The Hall–Kier alpha value is -3.34. The lowest BCUT2D eigenvalue weighted by Crippen LogP contribution is -2.47. The molecule has 10 heteroatoms. The zero-order valence-corrected chi connectivity index (χ0v) is 22.2. The van der Waals surface area contributed by atoms with Crippen molar-refractivity contribution in [3.63, 3.8) is 0 Å². The summed E-state index contributed by atoms with van der Waals surface area (Å²) in [4.78, 5) is 24.0. The van der Waals surface area contributed by atoms with Crippen molar-refractivity contribution in [1.29, 1.82) is 0 Å². The van der Waals surface area contributed by atoms with Crippen molar-refractivity contribution >= 4 is 38.8 Å². The number of esters is 1. The predicted octanol–water partition coefficient (Wildman–Crippen LogP) is 3.36. The van der Waals surface area contributed by atoms with Crippen LogP contribution in [0.25, 0.3) is 17.0 Å². The number of rotatable bonds is 9. The molecule has 0 bridgehead atoms. The molecule has 0 radical (unpaired) electrons. The third-order valence-electron chi connectivity index (χ3n) is 6.35. The number of nitrogens with one attached hydrogen (secondary N) is 1. The number of ether oxygens (including phenoxy) is 1. The summed E-state index contributed by atoms with van der Waals surface area (Å²) in [5, 5.41) is 5.36. The highest BCUT2D eigenvalue weighted by molar-refractivity contribution is 7.92. The van der Waals surface area contributed by atoms with Crippen LogP contribution >= 0.6 is 0 Å². The molecule has 0 aliphatic carbocycles. The zero-order valence-electron chi connectivity index (χ0n) is 21.4. The minimum Gasteiger partial charge on any atom is -0.467 e. The molecule has 4 rings (SSSR count). The Balaban J connectivity index is 1.46. The molecule has 1 aromatic heterocycles. The lowest BCUT2D eigenvalue weighted by molar-refractivity contribution is -0.142. The molecule has 0 saturated carbocycles. The van der Waals surface area contributed by atoms with Crippen molar-refractivity contribution in [1.82, 2.24) is 19.2 Å². The highest BCUT2D eigenvalue weighted by Gasteiger charge is 2.27. The van der Waals surface area contributed by atoms with Crippen LogP contribution < -0.4 is 5.32 Å². The van der Waals surface area contributed by atoms with Gasteiger partial charge in [0.2, 0.25) is 10.0 Å². The Morgan fingerprint density at radius 2 is 1.70 bits per heavy atom. The monoisotopic (exact) mass is 523 g/mol. The highest BCUT2D eigenvalue weighted by Crippen LogP contribution is 2.23. The van der Waals surface area contributed by atoms with Crippen molar-refractivity contribution in [2.24, 2.45) is 5.92 Å². The van der Waals surface area contributed by atoms with E-state index < -0.39 is 16.1 Å². The average molecular weight is 524 g/mol. The summed E-state index contributed by atoms with van der Waals surface area (Å²) in [5.41, 5.74) is 1.61. The third-order valence-corrected chi connectivity index (χ3v) is 7.92. The molecular weight excluding hydrogens is 490 g/mol. The Morgan fingerprint density at radius 3 is 2.38 bits per heavy atom. The number of sulfonamides is 1. The molecule has 196 valence electrons. The fourth-order valence-corrected chi connectivity index (χ4v) is 5.41. The van der Waals surface area contributed by atoms with Crippen LogP contribution in [0.3, 0.4) is 0 Å². The van der Waals surface area contributed by atoms with Crippen LogP contribution in [0.1, 0.15) is 25.2 Å². The van der Waals surface area contributed by atoms with Crippen LogP contribution in [0.5, 0.6) is 0 Å². The van der Waals surface area contributed by atoms with E-state index in [9.17, 15) is 13.2 Å². The third kappa shape index (κ3) is 6.71. The molecule has 3 aromatic rings. The normalized spacial score (nSPS) is 16.3. The minimum atomic E-state index is -3.50. The van der Waals surface area contributed by atoms with Crippen LogP contribution in [-0.2, 0) is 26.1 Å². The highest BCUT2D eigenvalue weighted by atomic mass is 32.2. The zero-order chi connectivity index (χ0) is 26.4. The Morgan fingerprint density at radius 1 is 1.03 bits per heavy atom. The first-order chi connectivity index (χ1) is 17.8. The molecule has 0 amide bonds. The van der Waals surface area contributed by atoms with Crippen molar-refractivity contribution in [2.45, 2.75) is 26.4 Å². The Kier molecular flexibility index (Phi) is 8.52. The van der Waals surface area contributed by atoms with Gasteiger partial charge in [0.1, 0.15) is 17.7 Å². The number of fused-ring (bicyclic) bond motifs is 1. The summed E-state index contributed by atoms with van der Waals surface area (Å²) in [6, 6.07) is 16.5. The first kappa shape index (κ1) is 26.7. The fourth-order valence-electron chi connectivity index (χ4n) is 4.23. The lowest BCUT2D eigenvalue weighted by atomic mass is 10.0. The van der Waals surface area contributed by atoms with Crippen LogP contribution in [0.2, 0.25) is 0 Å². The van der Waals surface area contributed by atoms with Gasteiger partial charge >= 0.3 is 5.97 Å². The SMILES string of the molecule is COC(=O)[C@@H](Nc1nc(CN2CCN(S(=O)(=O)/C=C/c3ccccc3)CC2)nc2ccccc12)C(C)C. The Bertz CT molecular complexity index is 1350. The summed E-state index contributed by atoms with van der Waals surface area (Å²) < 4.78 is 32.1. The number of para-hydroxylation sites is 1. The summed E-state index contributed by atoms with van der Waals surface area (Å²) in [6.07, 6.45) is 1.62. The number of carbonyl (C=O) groups excluding carboxylic acids is 1. The first-order valence-corrected chi connectivity index (χ1v) is 13.8. The quantitative estimate of drug-likeness (QED) is 0.426. The standard InChI is InChI=1S/C27H33N5O4S/c1-20(2)25(27(33)36-3)30-26-22-11-7-8-12-23(22)28-24(29-26)19-31-14-16-32(17-15-31)37(34,35)18-13-21-9-5-4-6-10-21/h4-13,18,20,25H,14-17,19H2,1-3H3,(H,28,29,30)/b18-13+/t25-/m0/s1. The van der Waals surface area contributed by atoms with Gasteiger partial charge in [0.25, 0.3) is 0 Å². The smallest absolute Gasteiger partial charge is 0.328 e. The summed E-state index contributed by atoms with van der Waals surface area (Å²) in [7, 11) is -2.13. The molecule has 2 heterocycles. The Labute approximate surface area is 218 Å². The van der Waals surface area contributed by atoms with Gasteiger partial charge in [0, 0.05) is 37.0 Å². The number of anilines is 1. The van der Waals surface area contributed by atoms with E-state index >= 15 is 0 Å². The van der Waals surface area contributed by atoms with Crippen LogP contribution in [0.4, 0.5) is 5.82 Å². The van der Waals surface area contributed by atoms with Gasteiger partial charge in [-0.15, -0.1) is 0 Å². The van der Waals surface area contributed by atoms with Gasteiger partial charge in [-0.1, -0.05) is 56.3 Å². The molecule has 1 aliphatic heterocycles. The van der Waals surface area contributed by atoms with Crippen LogP contribution in [0, 0.1) is 5.92 Å². The van der Waals surface area contributed by atoms with Gasteiger partial charge in [-0.3, -0.25) is 4.90 Å². The van der Waals surface area contributed by atoms with E-state index in [4.69, 9.17) is 14.7 Å². The van der Waals surface area contributed by atoms with Gasteiger partial charge in [0.05, 0.1) is 19.2 Å². The number of piperazine rings is 1. The number of hydrogen-bond donors (Lipinski definition) is 1. The summed E-state index contributed by atoms with van der Waals surface area (Å²) in [5.74, 6) is 0.833. The second kappa shape index (κ2) is 11.8. The molecule has 1 fully saturated rings. The molecule has 2 aromatic carbocycles. The largest absolute Gasteiger partial charge is 0.467 e. The molecule has 1 N–H and O–H groups in total. The number of nitrogens with zero attached hydrogens (tertiary/aromatic N) is 4. The van der Waals surface area contributed by atoms with Crippen LogP contribution in [0.15, 0.2) is 60.0 Å². The summed E-state index contributed by atoms with van der Waals surface area (Å²) >= 11 is 0. The van der Waals surface area contributed by atoms with E-state index in [-0.39, 0.29) is 11.9 Å². The van der Waals surface area contributed by atoms with Gasteiger partial charge in [-0.25, -0.2) is 23.2 Å². The topological polar surface area (TPSA) is 105 Å². The van der Waals surface area contributed by atoms with Gasteiger partial charge < -0.3 is 10.1 Å². The number of methoxy groups -OCH3 is 1. The molecule has 1 aliphatic rings. The maximum Gasteiger partial charge on any atom is 0.328 e. The molecule has 37 heavy (non-hydrogen) atoms. The fraction of sp³-hybridized carbons (Fsp3) is 0.370. The molecule has 0 unspecified atom stereocenters. The van der Waals surface area contributed by atoms with E-state index in [1.807, 2.05) is 68.4 Å². The van der Waals surface area contributed by atoms with Crippen molar-refractivity contribution < 1.29 is 17.9 Å².